The predicted molar refractivity (Wildman–Crippen MR) is 52.3 cm³/mol. The van der Waals surface area contributed by atoms with Crippen LogP contribution in [0.15, 0.2) is 0 Å². The molecule has 1 unspecified atom stereocenters. The highest BCUT2D eigenvalue weighted by Crippen LogP contribution is 2.38. The summed E-state index contributed by atoms with van der Waals surface area (Å²) >= 11 is 0. The molecule has 0 aromatic carbocycles. The average molecular weight is 198 g/mol. The summed E-state index contributed by atoms with van der Waals surface area (Å²) in [5, 5.41) is 10.6. The van der Waals surface area contributed by atoms with Crippen molar-refractivity contribution in [2.75, 3.05) is 13.2 Å². The molecule has 1 spiro atoms. The first-order valence-electron chi connectivity index (χ1n) is 5.34. The van der Waals surface area contributed by atoms with Crippen LogP contribution in [0.25, 0.3) is 0 Å². The van der Waals surface area contributed by atoms with Gasteiger partial charge >= 0.3 is 0 Å². The minimum absolute atomic E-state index is 0.0895. The number of hydrogen-bond acceptors (Lipinski definition) is 3. The predicted octanol–water partition coefficient (Wildman–Crippen LogP) is 0.274. The first-order valence-corrected chi connectivity index (χ1v) is 5.34. The Bertz CT molecular complexity index is 238. The first kappa shape index (κ1) is 9.93. The van der Waals surface area contributed by atoms with Gasteiger partial charge in [0.05, 0.1) is 0 Å². The van der Waals surface area contributed by atoms with Gasteiger partial charge in [0, 0.05) is 25.1 Å². The molecule has 2 rings (SSSR count). The molecule has 80 valence electrons. The minimum Gasteiger partial charge on any atom is -0.396 e. The van der Waals surface area contributed by atoms with Crippen molar-refractivity contribution >= 4 is 5.91 Å². The van der Waals surface area contributed by atoms with Gasteiger partial charge in [-0.2, -0.15) is 0 Å². The van der Waals surface area contributed by atoms with Gasteiger partial charge in [-0.25, -0.2) is 5.43 Å². The Balaban J connectivity index is 1.91. The largest absolute Gasteiger partial charge is 0.396 e. The summed E-state index contributed by atoms with van der Waals surface area (Å²) in [5.74, 6) is 0.340. The van der Waals surface area contributed by atoms with Crippen LogP contribution >= 0.6 is 0 Å². The van der Waals surface area contributed by atoms with Gasteiger partial charge in [0.25, 0.3) is 0 Å². The number of aliphatic hydroxyl groups is 1. The van der Waals surface area contributed by atoms with Crippen LogP contribution in [0.1, 0.15) is 32.6 Å². The summed E-state index contributed by atoms with van der Waals surface area (Å²) in [5.41, 5.74) is 3.38. The zero-order chi connectivity index (χ0) is 10.2. The Labute approximate surface area is 84.2 Å². The molecule has 1 saturated heterocycles. The molecule has 1 aliphatic heterocycles. The number of carbonyl (C=O) groups is 1. The molecule has 1 amide bonds. The Kier molecular flexibility index (Phi) is 2.49. The van der Waals surface area contributed by atoms with Crippen molar-refractivity contribution in [3.63, 3.8) is 0 Å². The molecule has 0 aromatic rings. The summed E-state index contributed by atoms with van der Waals surface area (Å²) in [6, 6.07) is 0. The molecule has 1 atom stereocenters. The summed E-state index contributed by atoms with van der Waals surface area (Å²) < 4.78 is 0. The van der Waals surface area contributed by atoms with Crippen molar-refractivity contribution in [3.8, 4) is 0 Å². The van der Waals surface area contributed by atoms with Gasteiger partial charge in [0.2, 0.25) is 5.91 Å². The fourth-order valence-corrected chi connectivity index (χ4v) is 2.18. The van der Waals surface area contributed by atoms with Gasteiger partial charge in [0.1, 0.15) is 0 Å². The molecule has 4 nitrogen and oxygen atoms in total. The minimum atomic E-state index is 0.0895. The SMILES string of the molecule is CC(CO)CN1NC2(CCC2)CC1=O. The lowest BCUT2D eigenvalue weighted by Gasteiger charge is -2.38. The van der Waals surface area contributed by atoms with E-state index in [9.17, 15) is 4.79 Å². The molecule has 1 saturated carbocycles. The zero-order valence-electron chi connectivity index (χ0n) is 8.62. The van der Waals surface area contributed by atoms with Crippen LogP contribution in [-0.2, 0) is 4.79 Å². The number of rotatable bonds is 3. The molecule has 2 fully saturated rings. The smallest absolute Gasteiger partial charge is 0.238 e. The topological polar surface area (TPSA) is 52.6 Å². The molecular weight excluding hydrogens is 180 g/mol. The summed E-state index contributed by atoms with van der Waals surface area (Å²) in [6.45, 7) is 2.70. The van der Waals surface area contributed by atoms with Gasteiger partial charge in [-0.3, -0.25) is 9.80 Å². The Morgan fingerprint density at radius 1 is 1.64 bits per heavy atom. The second kappa shape index (κ2) is 3.51. The van der Waals surface area contributed by atoms with E-state index in [4.69, 9.17) is 5.11 Å². The summed E-state index contributed by atoms with van der Waals surface area (Å²) in [4.78, 5) is 11.6. The van der Waals surface area contributed by atoms with Gasteiger partial charge in [0.15, 0.2) is 0 Å². The molecule has 4 heteroatoms. The van der Waals surface area contributed by atoms with E-state index in [1.54, 1.807) is 5.01 Å². The van der Waals surface area contributed by atoms with Crippen molar-refractivity contribution in [2.45, 2.75) is 38.1 Å². The molecule has 0 bridgehead atoms. The van der Waals surface area contributed by atoms with Crippen molar-refractivity contribution < 1.29 is 9.90 Å². The van der Waals surface area contributed by atoms with Gasteiger partial charge in [-0.05, 0) is 25.2 Å². The van der Waals surface area contributed by atoms with Crippen LogP contribution in [0, 0.1) is 5.92 Å². The van der Waals surface area contributed by atoms with Crippen molar-refractivity contribution in [2.24, 2.45) is 5.92 Å². The Morgan fingerprint density at radius 3 is 2.79 bits per heavy atom. The number of hydrazine groups is 1. The third-order valence-electron chi connectivity index (χ3n) is 3.28. The van der Waals surface area contributed by atoms with Crippen molar-refractivity contribution in [1.29, 1.82) is 0 Å². The average Bonchev–Trinajstić information content (AvgIpc) is 2.43. The second-order valence-electron chi connectivity index (χ2n) is 4.71. The maximum Gasteiger partial charge on any atom is 0.238 e. The van der Waals surface area contributed by atoms with Gasteiger partial charge < -0.3 is 5.11 Å². The van der Waals surface area contributed by atoms with E-state index >= 15 is 0 Å². The number of amides is 1. The normalized spacial score (nSPS) is 26.7. The van der Waals surface area contributed by atoms with Crippen LogP contribution in [0.4, 0.5) is 0 Å². The zero-order valence-corrected chi connectivity index (χ0v) is 8.62. The van der Waals surface area contributed by atoms with Gasteiger partial charge in [-0.1, -0.05) is 6.92 Å². The highest BCUT2D eigenvalue weighted by Gasteiger charge is 2.46. The van der Waals surface area contributed by atoms with E-state index in [0.29, 0.717) is 13.0 Å². The van der Waals surface area contributed by atoms with Crippen LogP contribution in [0.5, 0.6) is 0 Å². The van der Waals surface area contributed by atoms with E-state index in [2.05, 4.69) is 5.43 Å². The number of nitrogens with zero attached hydrogens (tertiary/aromatic N) is 1. The van der Waals surface area contributed by atoms with Crippen LogP contribution in [0.2, 0.25) is 0 Å². The number of nitrogens with one attached hydrogen (secondary N) is 1. The Hall–Kier alpha value is -0.610. The molecular formula is C10H18N2O2. The quantitative estimate of drug-likeness (QED) is 0.684. The lowest BCUT2D eigenvalue weighted by Crippen LogP contribution is -2.51. The second-order valence-corrected chi connectivity index (χ2v) is 4.71. The summed E-state index contributed by atoms with van der Waals surface area (Å²) in [6.07, 6.45) is 4.10. The third kappa shape index (κ3) is 1.64. The Morgan fingerprint density at radius 2 is 2.36 bits per heavy atom. The highest BCUT2D eigenvalue weighted by atomic mass is 16.3. The van der Waals surface area contributed by atoms with E-state index in [-0.39, 0.29) is 24.0 Å². The van der Waals surface area contributed by atoms with Gasteiger partial charge in [-0.15, -0.1) is 0 Å². The molecule has 0 aromatic heterocycles. The number of aliphatic hydroxyl groups excluding tert-OH is 1. The van der Waals surface area contributed by atoms with E-state index in [1.807, 2.05) is 6.92 Å². The molecule has 2 aliphatic rings. The summed E-state index contributed by atoms with van der Waals surface area (Å²) in [7, 11) is 0. The maximum atomic E-state index is 11.6. The lowest BCUT2D eigenvalue weighted by molar-refractivity contribution is -0.130. The van der Waals surface area contributed by atoms with E-state index < -0.39 is 0 Å². The molecule has 0 radical (unpaired) electrons. The van der Waals surface area contributed by atoms with Crippen LogP contribution in [-0.4, -0.2) is 34.7 Å². The van der Waals surface area contributed by atoms with E-state index in [0.717, 1.165) is 12.8 Å². The monoisotopic (exact) mass is 198 g/mol. The van der Waals surface area contributed by atoms with Crippen molar-refractivity contribution in [3.05, 3.63) is 0 Å². The fraction of sp³-hybridized carbons (Fsp3) is 0.900. The lowest BCUT2D eigenvalue weighted by atomic mass is 9.76. The fourth-order valence-electron chi connectivity index (χ4n) is 2.18. The molecule has 1 heterocycles. The highest BCUT2D eigenvalue weighted by molar-refractivity contribution is 5.79. The third-order valence-corrected chi connectivity index (χ3v) is 3.28. The standard InChI is InChI=1S/C10H18N2O2/c1-8(7-13)6-12-9(14)5-10(11-12)3-2-4-10/h8,11,13H,2-7H2,1H3. The van der Waals surface area contributed by atoms with Crippen LogP contribution in [0.3, 0.4) is 0 Å². The molecule has 14 heavy (non-hydrogen) atoms. The number of carbonyl (C=O) groups excluding carboxylic acids is 1. The maximum absolute atomic E-state index is 11.6. The van der Waals surface area contributed by atoms with Crippen LogP contribution < -0.4 is 5.43 Å². The van der Waals surface area contributed by atoms with Crippen molar-refractivity contribution in [1.82, 2.24) is 10.4 Å². The number of hydrogen-bond donors (Lipinski definition) is 2. The first-order chi connectivity index (χ1) is 6.65. The van der Waals surface area contributed by atoms with E-state index in [1.165, 1.54) is 6.42 Å². The molecule has 2 N–H and O–H groups in total. The molecule has 1 aliphatic carbocycles.